The van der Waals surface area contributed by atoms with Crippen LogP contribution >= 0.6 is 0 Å². The zero-order chi connectivity index (χ0) is 23.8. The molecule has 3 rings (SSSR count). The van der Waals surface area contributed by atoms with Crippen LogP contribution in [0.3, 0.4) is 0 Å². The molecule has 0 saturated carbocycles. The number of benzene rings is 2. The Balaban J connectivity index is 2.17. The van der Waals surface area contributed by atoms with Crippen molar-refractivity contribution >= 4 is 17.5 Å². The van der Waals surface area contributed by atoms with Gasteiger partial charge in [0.1, 0.15) is 0 Å². The molecular weight excluding hydrogens is 427 g/mol. The smallest absolute Gasteiger partial charge is 0.399 e. The molecule has 1 heterocycles. The molecule has 6 N–H and O–H groups in total. The van der Waals surface area contributed by atoms with Gasteiger partial charge in [-0.25, -0.2) is 0 Å². The molecule has 2 amide bonds. The summed E-state index contributed by atoms with van der Waals surface area (Å²) in [5.74, 6) is -2.59. The number of anilines is 1. The van der Waals surface area contributed by atoms with Crippen molar-refractivity contribution in [1.82, 2.24) is 9.78 Å². The number of halogens is 3. The van der Waals surface area contributed by atoms with E-state index in [1.807, 2.05) is 0 Å². The Morgan fingerprint density at radius 2 is 1.72 bits per heavy atom. The minimum absolute atomic E-state index is 0.0310. The molecule has 0 radical (unpaired) electrons. The summed E-state index contributed by atoms with van der Waals surface area (Å²) in [5, 5.41) is 4.01. The Kier molecular flexibility index (Phi) is 5.76. The first kappa shape index (κ1) is 22.5. The summed E-state index contributed by atoms with van der Waals surface area (Å²) < 4.78 is 40.4. The lowest BCUT2D eigenvalue weighted by molar-refractivity contribution is -0.137. The van der Waals surface area contributed by atoms with E-state index in [-0.39, 0.29) is 33.8 Å². The van der Waals surface area contributed by atoms with Crippen LogP contribution < -0.4 is 22.8 Å². The highest BCUT2D eigenvalue weighted by atomic mass is 19.4. The first-order valence-electron chi connectivity index (χ1n) is 9.20. The van der Waals surface area contributed by atoms with Crippen molar-refractivity contribution in [2.45, 2.75) is 19.0 Å². The number of hydrogen-bond donors (Lipinski definition) is 3. The third-order valence-corrected chi connectivity index (χ3v) is 4.84. The number of rotatable bonds is 5. The Morgan fingerprint density at radius 3 is 2.31 bits per heavy atom. The van der Waals surface area contributed by atoms with Gasteiger partial charge in [0, 0.05) is 23.2 Å². The molecule has 0 aliphatic rings. The van der Waals surface area contributed by atoms with Crippen LogP contribution in [0, 0.1) is 0 Å². The van der Waals surface area contributed by atoms with Crippen LogP contribution in [0.25, 0.3) is 5.69 Å². The van der Waals surface area contributed by atoms with Crippen LogP contribution in [0.2, 0.25) is 0 Å². The Hall–Kier alpha value is -4.15. The SMILES string of the molecule is CC(c1cc(N)cc(C(F)(F)F)c1)c1cc(=O)n(-c2cccc(C(N)=O)c2)nc1C(N)=O. The van der Waals surface area contributed by atoms with Gasteiger partial charge in [-0.05, 0) is 47.5 Å². The molecule has 3 aromatic rings. The van der Waals surface area contributed by atoms with Crippen LogP contribution in [-0.4, -0.2) is 21.6 Å². The van der Waals surface area contributed by atoms with Gasteiger partial charge in [-0.3, -0.25) is 14.4 Å². The van der Waals surface area contributed by atoms with Crippen molar-refractivity contribution in [3.63, 3.8) is 0 Å². The molecule has 11 heteroatoms. The van der Waals surface area contributed by atoms with Crippen molar-refractivity contribution in [2.24, 2.45) is 11.5 Å². The highest BCUT2D eigenvalue weighted by molar-refractivity contribution is 5.93. The molecule has 0 aliphatic carbocycles. The first-order valence-corrected chi connectivity index (χ1v) is 9.20. The van der Waals surface area contributed by atoms with E-state index in [9.17, 15) is 27.6 Å². The normalized spacial score (nSPS) is 12.4. The maximum atomic E-state index is 13.2. The molecule has 0 aliphatic heterocycles. The van der Waals surface area contributed by atoms with Crippen LogP contribution in [0.4, 0.5) is 18.9 Å². The van der Waals surface area contributed by atoms with E-state index in [0.29, 0.717) is 0 Å². The highest BCUT2D eigenvalue weighted by Gasteiger charge is 2.32. The quantitative estimate of drug-likeness (QED) is 0.515. The van der Waals surface area contributed by atoms with Gasteiger partial charge in [-0.2, -0.15) is 23.0 Å². The van der Waals surface area contributed by atoms with Crippen molar-refractivity contribution in [3.05, 3.63) is 86.8 Å². The molecule has 0 bridgehead atoms. The number of hydrogen-bond acceptors (Lipinski definition) is 5. The lowest BCUT2D eigenvalue weighted by atomic mass is 9.90. The number of primary amides is 2. The highest BCUT2D eigenvalue weighted by Crippen LogP contribution is 2.35. The van der Waals surface area contributed by atoms with Crippen molar-refractivity contribution in [1.29, 1.82) is 0 Å². The number of aromatic nitrogens is 2. The monoisotopic (exact) mass is 445 g/mol. The number of amides is 2. The molecule has 32 heavy (non-hydrogen) atoms. The second-order valence-corrected chi connectivity index (χ2v) is 7.08. The van der Waals surface area contributed by atoms with Crippen LogP contribution in [0.15, 0.2) is 53.3 Å². The third-order valence-electron chi connectivity index (χ3n) is 4.84. The maximum Gasteiger partial charge on any atom is 0.416 e. The Labute approximate surface area is 179 Å². The summed E-state index contributed by atoms with van der Waals surface area (Å²) in [7, 11) is 0. The van der Waals surface area contributed by atoms with Crippen LogP contribution in [-0.2, 0) is 6.18 Å². The average molecular weight is 445 g/mol. The number of carbonyl (C=O) groups excluding carboxylic acids is 2. The fourth-order valence-electron chi connectivity index (χ4n) is 3.24. The van der Waals surface area contributed by atoms with Crippen molar-refractivity contribution in [2.75, 3.05) is 5.73 Å². The van der Waals surface area contributed by atoms with Gasteiger partial charge < -0.3 is 17.2 Å². The predicted molar refractivity (Wildman–Crippen MR) is 110 cm³/mol. The summed E-state index contributed by atoms with van der Waals surface area (Å²) >= 11 is 0. The Bertz CT molecular complexity index is 1280. The van der Waals surface area contributed by atoms with E-state index < -0.39 is 35.0 Å². The van der Waals surface area contributed by atoms with E-state index in [0.717, 1.165) is 22.9 Å². The summed E-state index contributed by atoms with van der Waals surface area (Å²) in [5.41, 5.74) is 14.6. The second kappa shape index (κ2) is 8.17. The molecular formula is C21H18F3N5O3. The van der Waals surface area contributed by atoms with E-state index in [2.05, 4.69) is 5.10 Å². The van der Waals surface area contributed by atoms with E-state index >= 15 is 0 Å². The lowest BCUT2D eigenvalue weighted by Crippen LogP contribution is -2.28. The minimum Gasteiger partial charge on any atom is -0.399 e. The topological polar surface area (TPSA) is 147 Å². The molecule has 0 saturated heterocycles. The minimum atomic E-state index is -4.64. The van der Waals surface area contributed by atoms with Gasteiger partial charge in [-0.1, -0.05) is 13.0 Å². The van der Waals surface area contributed by atoms with Gasteiger partial charge in [0.15, 0.2) is 5.69 Å². The van der Waals surface area contributed by atoms with E-state index in [1.54, 1.807) is 0 Å². The summed E-state index contributed by atoms with van der Waals surface area (Å²) in [6, 6.07) is 9.70. The first-order chi connectivity index (χ1) is 14.9. The van der Waals surface area contributed by atoms with Gasteiger partial charge >= 0.3 is 6.18 Å². The molecule has 0 spiro atoms. The lowest BCUT2D eigenvalue weighted by Gasteiger charge is -2.18. The summed E-state index contributed by atoms with van der Waals surface area (Å²) in [4.78, 5) is 36.3. The molecule has 0 fully saturated rings. The zero-order valence-electron chi connectivity index (χ0n) is 16.7. The molecule has 2 aromatic carbocycles. The molecule has 166 valence electrons. The predicted octanol–water partition coefficient (Wildman–Crippen LogP) is 2.18. The third kappa shape index (κ3) is 4.46. The number of nitrogen functional groups attached to an aromatic ring is 1. The fraction of sp³-hybridized carbons (Fsp3) is 0.143. The fourth-order valence-corrected chi connectivity index (χ4v) is 3.24. The molecule has 8 nitrogen and oxygen atoms in total. The van der Waals surface area contributed by atoms with Gasteiger partial charge in [0.25, 0.3) is 11.5 Å². The van der Waals surface area contributed by atoms with Crippen molar-refractivity contribution in [3.8, 4) is 5.69 Å². The van der Waals surface area contributed by atoms with Crippen molar-refractivity contribution < 1.29 is 22.8 Å². The number of carbonyl (C=O) groups is 2. The number of nitrogens with two attached hydrogens (primary N) is 3. The summed E-state index contributed by atoms with van der Waals surface area (Å²) in [6.07, 6.45) is -4.64. The zero-order valence-corrected chi connectivity index (χ0v) is 16.7. The number of nitrogens with zero attached hydrogens (tertiary/aromatic N) is 2. The number of alkyl halides is 3. The Morgan fingerprint density at radius 1 is 1.03 bits per heavy atom. The van der Waals surface area contributed by atoms with Crippen LogP contribution in [0.1, 0.15) is 50.4 Å². The largest absolute Gasteiger partial charge is 0.416 e. The van der Waals surface area contributed by atoms with Gasteiger partial charge in [-0.15, -0.1) is 0 Å². The van der Waals surface area contributed by atoms with Gasteiger partial charge in [0.2, 0.25) is 5.91 Å². The summed E-state index contributed by atoms with van der Waals surface area (Å²) in [6.45, 7) is 1.50. The van der Waals surface area contributed by atoms with E-state index in [4.69, 9.17) is 17.2 Å². The van der Waals surface area contributed by atoms with Gasteiger partial charge in [0.05, 0.1) is 11.3 Å². The standard InChI is InChI=1S/C21H18F3N5O3/c1-10(12-5-13(21(22,23)24)8-14(25)6-12)16-9-17(30)29(28-18(16)20(27)32)15-4-2-3-11(7-15)19(26)31/h2-10H,25H2,1H3,(H2,26,31)(H2,27,32). The average Bonchev–Trinajstić information content (AvgIpc) is 2.71. The maximum absolute atomic E-state index is 13.2. The van der Waals surface area contributed by atoms with Crippen LogP contribution in [0.5, 0.6) is 0 Å². The molecule has 1 unspecified atom stereocenters. The molecule has 1 aromatic heterocycles. The van der Waals surface area contributed by atoms with E-state index in [1.165, 1.54) is 37.3 Å². The second-order valence-electron chi connectivity index (χ2n) is 7.08. The molecule has 1 atom stereocenters.